The first-order valence-corrected chi connectivity index (χ1v) is 6.81. The van der Waals surface area contributed by atoms with E-state index in [9.17, 15) is 13.2 Å². The fourth-order valence-corrected chi connectivity index (χ4v) is 2.80. The molecule has 0 N–H and O–H groups in total. The first-order valence-electron chi connectivity index (χ1n) is 5.32. The summed E-state index contributed by atoms with van der Waals surface area (Å²) < 4.78 is 29.4. The van der Waals surface area contributed by atoms with Crippen LogP contribution in [0.2, 0.25) is 0 Å². The molecule has 0 amide bonds. The van der Waals surface area contributed by atoms with E-state index in [1.807, 2.05) is 13.8 Å². The van der Waals surface area contributed by atoms with Crippen molar-refractivity contribution in [2.45, 2.75) is 23.8 Å². The zero-order valence-corrected chi connectivity index (χ0v) is 10.8. The fraction of sp³-hybridized carbons (Fsp3) is 0.154. The number of hydrogen-bond acceptors (Lipinski definition) is 4. The Morgan fingerprint density at radius 3 is 2.33 bits per heavy atom. The van der Waals surface area contributed by atoms with Crippen molar-refractivity contribution >= 4 is 16.1 Å². The van der Waals surface area contributed by atoms with E-state index >= 15 is 0 Å². The van der Waals surface area contributed by atoms with Gasteiger partial charge in [0.1, 0.15) is 0 Å². The number of rotatable bonds is 3. The molecular formula is C13H12O4S. The van der Waals surface area contributed by atoms with Crippen LogP contribution in [-0.4, -0.2) is 14.7 Å². The summed E-state index contributed by atoms with van der Waals surface area (Å²) >= 11 is 0. The second kappa shape index (κ2) is 4.42. The average molecular weight is 264 g/mol. The van der Waals surface area contributed by atoms with Crippen molar-refractivity contribution < 1.29 is 17.6 Å². The third-order valence-corrected chi connectivity index (χ3v) is 4.40. The van der Waals surface area contributed by atoms with Crippen molar-refractivity contribution in [3.8, 4) is 0 Å². The summed E-state index contributed by atoms with van der Waals surface area (Å²) in [7, 11) is -3.69. The Morgan fingerprint density at radius 2 is 1.78 bits per heavy atom. The molecule has 0 aliphatic rings. The summed E-state index contributed by atoms with van der Waals surface area (Å²) in [6.07, 6.45) is 0.472. The number of hydrogen-bond donors (Lipinski definition) is 0. The van der Waals surface area contributed by atoms with Gasteiger partial charge in [-0.2, -0.15) is 0 Å². The highest BCUT2D eigenvalue weighted by Crippen LogP contribution is 2.24. The molecule has 2 rings (SSSR count). The first-order chi connectivity index (χ1) is 8.45. The zero-order chi connectivity index (χ0) is 13.3. The molecule has 0 unspecified atom stereocenters. The Balaban J connectivity index is 2.53. The first kappa shape index (κ1) is 12.6. The van der Waals surface area contributed by atoms with Crippen molar-refractivity contribution in [1.82, 2.24) is 0 Å². The van der Waals surface area contributed by atoms with E-state index in [0.29, 0.717) is 6.29 Å². The van der Waals surface area contributed by atoms with E-state index in [0.717, 1.165) is 11.1 Å². The van der Waals surface area contributed by atoms with Crippen LogP contribution in [0.5, 0.6) is 0 Å². The van der Waals surface area contributed by atoms with Gasteiger partial charge >= 0.3 is 0 Å². The van der Waals surface area contributed by atoms with Gasteiger partial charge in [-0.15, -0.1) is 0 Å². The normalized spacial score (nSPS) is 11.4. The molecule has 0 atom stereocenters. The van der Waals surface area contributed by atoms with Crippen LogP contribution in [0, 0.1) is 13.8 Å². The minimum Gasteiger partial charge on any atom is -0.442 e. The molecule has 0 aliphatic carbocycles. The fourth-order valence-electron chi connectivity index (χ4n) is 1.54. The highest BCUT2D eigenvalue weighted by molar-refractivity contribution is 7.91. The Labute approximate surface area is 105 Å². The van der Waals surface area contributed by atoms with E-state index in [1.54, 1.807) is 12.1 Å². The van der Waals surface area contributed by atoms with Gasteiger partial charge in [0, 0.05) is 0 Å². The highest BCUT2D eigenvalue weighted by Gasteiger charge is 2.22. The molecule has 0 saturated carbocycles. The smallest absolute Gasteiger partial charge is 0.239 e. The number of furan rings is 1. The van der Waals surface area contributed by atoms with Crippen molar-refractivity contribution in [1.29, 1.82) is 0 Å². The van der Waals surface area contributed by atoms with Gasteiger partial charge in [-0.1, -0.05) is 6.07 Å². The molecule has 18 heavy (non-hydrogen) atoms. The molecule has 0 spiro atoms. The van der Waals surface area contributed by atoms with Gasteiger partial charge in [0.25, 0.3) is 0 Å². The second-order valence-electron chi connectivity index (χ2n) is 4.02. The van der Waals surface area contributed by atoms with Crippen LogP contribution in [-0.2, 0) is 9.84 Å². The Hall–Kier alpha value is -1.88. The Morgan fingerprint density at radius 1 is 1.06 bits per heavy atom. The maximum absolute atomic E-state index is 12.2. The predicted octanol–water partition coefficient (Wildman–Crippen LogP) is 2.54. The van der Waals surface area contributed by atoms with Gasteiger partial charge in [0.05, 0.1) is 4.90 Å². The maximum Gasteiger partial charge on any atom is 0.239 e. The quantitative estimate of drug-likeness (QED) is 0.799. The molecule has 0 aliphatic heterocycles. The molecule has 1 heterocycles. The van der Waals surface area contributed by atoms with Crippen molar-refractivity contribution in [2.24, 2.45) is 0 Å². The molecule has 0 bridgehead atoms. The van der Waals surface area contributed by atoms with Gasteiger partial charge in [-0.05, 0) is 49.2 Å². The summed E-state index contributed by atoms with van der Waals surface area (Å²) in [6.45, 7) is 3.75. The van der Waals surface area contributed by atoms with Crippen LogP contribution in [0.3, 0.4) is 0 Å². The van der Waals surface area contributed by atoms with Gasteiger partial charge in [0.15, 0.2) is 12.0 Å². The standard InChI is InChI=1S/C13H12O4S/c1-9-3-5-12(7-10(9)2)18(15,16)13-6-4-11(8-14)17-13/h3-8H,1-2H3. The average Bonchev–Trinajstić information content (AvgIpc) is 2.81. The molecule has 5 heteroatoms. The lowest BCUT2D eigenvalue weighted by Gasteiger charge is -2.04. The number of aldehydes is 1. The third kappa shape index (κ3) is 2.09. The van der Waals surface area contributed by atoms with E-state index in [2.05, 4.69) is 0 Å². The number of aryl methyl sites for hydroxylation is 2. The lowest BCUT2D eigenvalue weighted by molar-refractivity contribution is 0.109. The Kier molecular flexibility index (Phi) is 3.09. The van der Waals surface area contributed by atoms with Crippen LogP contribution >= 0.6 is 0 Å². The van der Waals surface area contributed by atoms with Gasteiger partial charge in [0.2, 0.25) is 14.9 Å². The number of carbonyl (C=O) groups is 1. The second-order valence-corrected chi connectivity index (χ2v) is 5.90. The Bertz CT molecular complexity index is 696. The van der Waals surface area contributed by atoms with Crippen LogP contribution in [0.15, 0.2) is 44.7 Å². The molecule has 0 saturated heterocycles. The number of benzene rings is 1. The highest BCUT2D eigenvalue weighted by atomic mass is 32.2. The topological polar surface area (TPSA) is 64.3 Å². The van der Waals surface area contributed by atoms with Crippen molar-refractivity contribution in [3.63, 3.8) is 0 Å². The summed E-state index contributed by atoms with van der Waals surface area (Å²) in [5.74, 6) is -0.00240. The molecule has 1 aromatic carbocycles. The largest absolute Gasteiger partial charge is 0.442 e. The minimum atomic E-state index is -3.69. The summed E-state index contributed by atoms with van der Waals surface area (Å²) in [5, 5.41) is -0.215. The summed E-state index contributed by atoms with van der Waals surface area (Å²) in [6, 6.07) is 7.48. The van der Waals surface area contributed by atoms with Crippen LogP contribution in [0.25, 0.3) is 0 Å². The minimum absolute atomic E-state index is 0.00240. The van der Waals surface area contributed by atoms with E-state index < -0.39 is 9.84 Å². The molecule has 94 valence electrons. The summed E-state index contributed by atoms with van der Waals surface area (Å²) in [4.78, 5) is 10.7. The van der Waals surface area contributed by atoms with Crippen LogP contribution < -0.4 is 0 Å². The lowest BCUT2D eigenvalue weighted by atomic mass is 10.1. The monoisotopic (exact) mass is 264 g/mol. The van der Waals surface area contributed by atoms with E-state index in [-0.39, 0.29) is 15.7 Å². The number of sulfone groups is 1. The predicted molar refractivity (Wildman–Crippen MR) is 65.5 cm³/mol. The maximum atomic E-state index is 12.2. The van der Waals surface area contributed by atoms with Crippen LogP contribution in [0.4, 0.5) is 0 Å². The van der Waals surface area contributed by atoms with Crippen molar-refractivity contribution in [2.75, 3.05) is 0 Å². The van der Waals surface area contributed by atoms with Gasteiger partial charge in [-0.3, -0.25) is 4.79 Å². The molecule has 4 nitrogen and oxygen atoms in total. The van der Waals surface area contributed by atoms with Crippen molar-refractivity contribution in [3.05, 3.63) is 47.2 Å². The van der Waals surface area contributed by atoms with E-state index in [4.69, 9.17) is 4.42 Å². The summed E-state index contributed by atoms with van der Waals surface area (Å²) in [5.41, 5.74) is 1.90. The van der Waals surface area contributed by atoms with Gasteiger partial charge < -0.3 is 4.42 Å². The molecular weight excluding hydrogens is 252 g/mol. The van der Waals surface area contributed by atoms with Crippen LogP contribution in [0.1, 0.15) is 21.7 Å². The van der Waals surface area contributed by atoms with E-state index in [1.165, 1.54) is 18.2 Å². The molecule has 2 aromatic rings. The molecule has 0 radical (unpaired) electrons. The lowest BCUT2D eigenvalue weighted by Crippen LogP contribution is -2.01. The zero-order valence-electron chi connectivity index (χ0n) is 10.0. The molecule has 1 aromatic heterocycles. The SMILES string of the molecule is Cc1ccc(S(=O)(=O)c2ccc(C=O)o2)cc1C. The molecule has 0 fully saturated rings. The third-order valence-electron chi connectivity index (χ3n) is 2.77. The van der Waals surface area contributed by atoms with Gasteiger partial charge in [-0.25, -0.2) is 8.42 Å². The number of carbonyl (C=O) groups excluding carboxylic acids is 1.